The van der Waals surface area contributed by atoms with E-state index in [-0.39, 0.29) is 0 Å². The van der Waals surface area contributed by atoms with Crippen LogP contribution >= 0.6 is 0 Å². The predicted molar refractivity (Wildman–Crippen MR) is 149 cm³/mol. The molecular formula is C34H27NO. The Bertz CT molecular complexity index is 1690. The highest BCUT2D eigenvalue weighted by atomic mass is 16.3. The van der Waals surface area contributed by atoms with Crippen LogP contribution in [0.15, 0.2) is 120 Å². The van der Waals surface area contributed by atoms with E-state index < -0.39 is 5.41 Å². The topological polar surface area (TPSA) is 25.2 Å². The number of benzene rings is 5. The number of hydrogen-bond acceptors (Lipinski definition) is 2. The Morgan fingerprint density at radius 3 is 1.86 bits per heavy atom. The molecule has 7 rings (SSSR count). The largest absolute Gasteiger partial charge is 0.456 e. The lowest BCUT2D eigenvalue weighted by molar-refractivity contribution is 0.644. The summed E-state index contributed by atoms with van der Waals surface area (Å²) >= 11 is 0. The van der Waals surface area contributed by atoms with E-state index >= 15 is 0 Å². The van der Waals surface area contributed by atoms with Crippen molar-refractivity contribution in [3.05, 3.63) is 143 Å². The van der Waals surface area contributed by atoms with Crippen molar-refractivity contribution in [2.45, 2.75) is 25.2 Å². The van der Waals surface area contributed by atoms with Gasteiger partial charge in [-0.25, -0.2) is 0 Å². The van der Waals surface area contributed by atoms with Crippen LogP contribution in [0.3, 0.4) is 0 Å². The van der Waals surface area contributed by atoms with Crippen molar-refractivity contribution in [2.24, 2.45) is 0 Å². The maximum absolute atomic E-state index is 6.65. The normalized spacial score (nSPS) is 14.0. The molecule has 0 amide bonds. The van der Waals surface area contributed by atoms with Gasteiger partial charge < -0.3 is 9.73 Å². The fourth-order valence-electron chi connectivity index (χ4n) is 6.05. The van der Waals surface area contributed by atoms with Crippen LogP contribution < -0.4 is 5.32 Å². The summed E-state index contributed by atoms with van der Waals surface area (Å²) in [6, 6.07) is 41.5. The fourth-order valence-corrected chi connectivity index (χ4v) is 6.05. The van der Waals surface area contributed by atoms with Gasteiger partial charge in [-0.05, 0) is 46.4 Å². The number of rotatable bonds is 3. The lowest BCUT2D eigenvalue weighted by atomic mass is 9.62. The van der Waals surface area contributed by atoms with E-state index in [2.05, 4.69) is 128 Å². The Balaban J connectivity index is 1.67. The maximum Gasteiger partial charge on any atom is 0.140 e. The summed E-state index contributed by atoms with van der Waals surface area (Å²) in [5.74, 6) is 0.474. The average molecular weight is 466 g/mol. The van der Waals surface area contributed by atoms with E-state index in [1.54, 1.807) is 0 Å². The molecule has 174 valence electrons. The summed E-state index contributed by atoms with van der Waals surface area (Å²) in [6.45, 7) is 4.49. The zero-order valence-electron chi connectivity index (χ0n) is 20.5. The molecule has 1 aliphatic rings. The molecule has 0 bridgehead atoms. The Morgan fingerprint density at radius 2 is 1.17 bits per heavy atom. The smallest absolute Gasteiger partial charge is 0.140 e. The van der Waals surface area contributed by atoms with Crippen molar-refractivity contribution in [3.8, 4) is 0 Å². The third-order valence-corrected chi connectivity index (χ3v) is 7.75. The molecule has 0 radical (unpaired) electrons. The molecule has 36 heavy (non-hydrogen) atoms. The lowest BCUT2D eigenvalue weighted by Crippen LogP contribution is -2.35. The van der Waals surface area contributed by atoms with E-state index in [0.29, 0.717) is 5.92 Å². The molecule has 1 N–H and O–H groups in total. The van der Waals surface area contributed by atoms with Crippen molar-refractivity contribution in [1.29, 1.82) is 0 Å². The van der Waals surface area contributed by atoms with Crippen LogP contribution in [0.5, 0.6) is 0 Å². The van der Waals surface area contributed by atoms with Crippen LogP contribution in [0.2, 0.25) is 0 Å². The van der Waals surface area contributed by atoms with Gasteiger partial charge in [0.15, 0.2) is 0 Å². The molecule has 0 unspecified atom stereocenters. The molecule has 0 spiro atoms. The van der Waals surface area contributed by atoms with Crippen LogP contribution in [0.1, 0.15) is 47.6 Å². The fraction of sp³-hybridized carbons (Fsp3) is 0.118. The van der Waals surface area contributed by atoms with Gasteiger partial charge in [-0.3, -0.25) is 0 Å². The minimum Gasteiger partial charge on any atom is -0.456 e. The van der Waals surface area contributed by atoms with E-state index in [1.165, 1.54) is 22.3 Å². The predicted octanol–water partition coefficient (Wildman–Crippen LogP) is 9.15. The summed E-state index contributed by atoms with van der Waals surface area (Å²) in [4.78, 5) is 0. The van der Waals surface area contributed by atoms with Gasteiger partial charge in [0.1, 0.15) is 11.2 Å². The van der Waals surface area contributed by atoms with Crippen LogP contribution in [0, 0.1) is 0 Å². The minimum absolute atomic E-state index is 0.474. The van der Waals surface area contributed by atoms with Crippen LogP contribution in [0.4, 0.5) is 11.4 Å². The van der Waals surface area contributed by atoms with Gasteiger partial charge in [-0.15, -0.1) is 0 Å². The molecule has 5 aromatic carbocycles. The van der Waals surface area contributed by atoms with Crippen LogP contribution in [-0.2, 0) is 5.41 Å². The molecule has 0 atom stereocenters. The Kier molecular flexibility index (Phi) is 4.59. The third kappa shape index (κ3) is 2.85. The van der Waals surface area contributed by atoms with Crippen molar-refractivity contribution in [1.82, 2.24) is 0 Å². The first-order valence-corrected chi connectivity index (χ1v) is 12.6. The standard InChI is InChI=1S/C34H27NO/c1-22(2)23-18-20-24(21-19-23)34(27-12-4-6-15-30(27)35-31-16-7-5-13-28(31)34)29-14-9-11-26-25-10-3-8-17-32(25)36-33(26)29/h3-22,35H,1-2H3. The highest BCUT2D eigenvalue weighted by Gasteiger charge is 2.45. The number of fused-ring (bicyclic) bond motifs is 5. The first-order valence-electron chi connectivity index (χ1n) is 12.6. The molecular weight excluding hydrogens is 438 g/mol. The van der Waals surface area contributed by atoms with Crippen molar-refractivity contribution in [3.63, 3.8) is 0 Å². The molecule has 1 aliphatic heterocycles. The summed E-state index contributed by atoms with van der Waals surface area (Å²) in [5, 5.41) is 6.00. The van der Waals surface area contributed by atoms with Gasteiger partial charge in [0.05, 0.1) is 5.41 Å². The summed E-state index contributed by atoms with van der Waals surface area (Å²) < 4.78 is 6.65. The average Bonchev–Trinajstić information content (AvgIpc) is 3.31. The summed E-state index contributed by atoms with van der Waals surface area (Å²) in [7, 11) is 0. The van der Waals surface area contributed by atoms with Gasteiger partial charge >= 0.3 is 0 Å². The third-order valence-electron chi connectivity index (χ3n) is 7.75. The highest BCUT2D eigenvalue weighted by molar-refractivity contribution is 6.07. The van der Waals surface area contributed by atoms with Crippen LogP contribution in [0.25, 0.3) is 21.9 Å². The maximum atomic E-state index is 6.65. The zero-order chi connectivity index (χ0) is 24.3. The van der Waals surface area contributed by atoms with Crippen molar-refractivity contribution in [2.75, 3.05) is 5.32 Å². The number of anilines is 2. The van der Waals surface area contributed by atoms with Gasteiger partial charge in [0.2, 0.25) is 0 Å². The first-order chi connectivity index (χ1) is 17.7. The molecule has 0 saturated carbocycles. The van der Waals surface area contributed by atoms with Gasteiger partial charge in [-0.2, -0.15) is 0 Å². The zero-order valence-corrected chi connectivity index (χ0v) is 20.5. The monoisotopic (exact) mass is 465 g/mol. The van der Waals surface area contributed by atoms with Crippen molar-refractivity contribution < 1.29 is 4.42 Å². The summed E-state index contributed by atoms with van der Waals surface area (Å²) in [5.41, 5.74) is 9.76. The number of nitrogens with one attached hydrogen (secondary N) is 1. The van der Waals surface area contributed by atoms with Gasteiger partial charge in [-0.1, -0.05) is 111 Å². The molecule has 2 heterocycles. The molecule has 0 fully saturated rings. The van der Waals surface area contributed by atoms with E-state index in [1.807, 2.05) is 6.07 Å². The first kappa shape index (κ1) is 21.0. The molecule has 0 aliphatic carbocycles. The Morgan fingerprint density at radius 1 is 0.583 bits per heavy atom. The van der Waals surface area contributed by atoms with Crippen molar-refractivity contribution >= 4 is 33.3 Å². The second-order valence-electron chi connectivity index (χ2n) is 10.0. The highest BCUT2D eigenvalue weighted by Crippen LogP contribution is 2.55. The van der Waals surface area contributed by atoms with Gasteiger partial charge in [0.25, 0.3) is 0 Å². The number of hydrogen-bond donors (Lipinski definition) is 1. The molecule has 2 heteroatoms. The van der Waals surface area contributed by atoms with E-state index in [9.17, 15) is 0 Å². The SMILES string of the molecule is CC(C)c1ccc(C2(c3cccc4c3oc3ccccc34)c3ccccc3Nc3ccccc32)cc1. The van der Waals surface area contributed by atoms with E-state index in [0.717, 1.165) is 38.9 Å². The molecule has 6 aromatic rings. The van der Waals surface area contributed by atoms with Crippen LogP contribution in [-0.4, -0.2) is 0 Å². The summed E-state index contributed by atoms with van der Waals surface area (Å²) in [6.07, 6.45) is 0. The number of furan rings is 1. The second kappa shape index (κ2) is 7.86. The van der Waals surface area contributed by atoms with E-state index in [4.69, 9.17) is 4.42 Å². The second-order valence-corrected chi connectivity index (χ2v) is 10.0. The Labute approximate surface area is 211 Å². The number of para-hydroxylation sites is 4. The molecule has 2 nitrogen and oxygen atoms in total. The quantitative estimate of drug-likeness (QED) is 0.281. The molecule has 1 aromatic heterocycles. The minimum atomic E-state index is -0.540. The lowest BCUT2D eigenvalue weighted by Gasteiger charge is -2.42. The Hall–Kier alpha value is -4.30. The molecule has 0 saturated heterocycles. The van der Waals surface area contributed by atoms with Gasteiger partial charge in [0, 0.05) is 27.7 Å².